The second-order valence-corrected chi connectivity index (χ2v) is 16.7. The van der Waals surface area contributed by atoms with Crippen LogP contribution in [0.2, 0.25) is 0 Å². The quantitative estimate of drug-likeness (QED) is 0.0156. The van der Waals surface area contributed by atoms with Crippen molar-refractivity contribution >= 4 is 94.8 Å². The van der Waals surface area contributed by atoms with E-state index in [9.17, 15) is 62.6 Å². The Labute approximate surface area is 411 Å². The number of nitrogens with zero attached hydrogens (tertiary/aromatic N) is 2. The molecule has 24 N–H and O–H groups in total. The number of aliphatic carboxylic acids is 3. The van der Waals surface area contributed by atoms with Crippen molar-refractivity contribution in [1.29, 1.82) is 0 Å². The summed E-state index contributed by atoms with van der Waals surface area (Å²) in [6, 6.07) is -12.2. The fraction of sp³-hybridized carbons (Fsp3) is 0.641. The van der Waals surface area contributed by atoms with Crippen molar-refractivity contribution in [2.45, 2.75) is 132 Å². The normalized spacial score (nSPS) is 14.1. The molecular weight excluding hydrogens is 965 g/mol. The van der Waals surface area contributed by atoms with Crippen LogP contribution in [0.25, 0.3) is 0 Å². The molecule has 0 aliphatic rings. The molecule has 9 amide bonds. The van der Waals surface area contributed by atoms with Crippen LogP contribution in [-0.4, -0.2) is 172 Å². The zero-order chi connectivity index (χ0) is 54.4. The fourth-order valence-corrected chi connectivity index (χ4v) is 6.46. The number of carboxylic acids is 3. The summed E-state index contributed by atoms with van der Waals surface area (Å²) >= 11 is 1.25. The molecule has 0 unspecified atom stereocenters. The molecule has 0 rings (SSSR count). The van der Waals surface area contributed by atoms with Crippen LogP contribution < -0.4 is 77.4 Å². The summed E-state index contributed by atoms with van der Waals surface area (Å²) in [5.74, 6) is -13.6. The first kappa shape index (κ1) is 63.5. The third-order valence-corrected chi connectivity index (χ3v) is 10.4. The van der Waals surface area contributed by atoms with Gasteiger partial charge >= 0.3 is 17.9 Å². The number of carbonyl (C=O) groups excluding carboxylic acids is 9. The lowest BCUT2D eigenvalue weighted by atomic mass is 10.0. The predicted molar refractivity (Wildman–Crippen MR) is 254 cm³/mol. The number of hydrogen-bond donors (Lipinski definition) is 17. The molecule has 0 radical (unpaired) electrons. The number of nitrogens with one attached hydrogen (secondary N) is 7. The highest BCUT2D eigenvalue weighted by atomic mass is 32.2. The van der Waals surface area contributed by atoms with Crippen LogP contribution in [0.5, 0.6) is 0 Å². The summed E-state index contributed by atoms with van der Waals surface area (Å²) < 4.78 is 0. The van der Waals surface area contributed by atoms with E-state index in [1.54, 1.807) is 6.26 Å². The highest BCUT2D eigenvalue weighted by Crippen LogP contribution is 2.10. The first-order valence-corrected chi connectivity index (χ1v) is 23.3. The van der Waals surface area contributed by atoms with Gasteiger partial charge in [-0.25, -0.2) is 0 Å². The van der Waals surface area contributed by atoms with Gasteiger partial charge in [0.15, 0.2) is 11.9 Å². The van der Waals surface area contributed by atoms with Crippen molar-refractivity contribution in [3.63, 3.8) is 0 Å². The molecule has 31 nitrogen and oxygen atoms in total. The van der Waals surface area contributed by atoms with Crippen LogP contribution in [0, 0.1) is 0 Å². The number of guanidine groups is 2. The minimum atomic E-state index is -1.64. The van der Waals surface area contributed by atoms with Crippen molar-refractivity contribution in [3.8, 4) is 0 Å². The van der Waals surface area contributed by atoms with Gasteiger partial charge < -0.3 is 92.7 Å². The molecule has 0 aliphatic carbocycles. The lowest BCUT2D eigenvalue weighted by molar-refractivity contribution is -0.140. The number of rotatable bonds is 37. The molecule has 32 heteroatoms. The minimum absolute atomic E-state index is 0.0251. The maximum absolute atomic E-state index is 14.1. The molecule has 8 atom stereocenters. The summed E-state index contributed by atoms with van der Waals surface area (Å²) in [4.78, 5) is 160. The molecule has 0 fully saturated rings. The van der Waals surface area contributed by atoms with E-state index in [0.717, 1.165) is 0 Å². The Balaban J connectivity index is 6.81. The highest BCUT2D eigenvalue weighted by molar-refractivity contribution is 7.98. The molecule has 0 aromatic heterocycles. The Morgan fingerprint density at radius 3 is 1.21 bits per heavy atom. The average Bonchev–Trinajstić information content (AvgIpc) is 3.27. The average molecular weight is 1030 g/mol. The lowest BCUT2D eigenvalue weighted by Crippen LogP contribution is -2.60. The number of aliphatic imine (C=N–C) groups is 2. The topological polar surface area (TPSA) is 557 Å². The largest absolute Gasteiger partial charge is 0.481 e. The Kier molecular flexibility index (Phi) is 30.3. The predicted octanol–water partition coefficient (Wildman–Crippen LogP) is -7.46. The van der Waals surface area contributed by atoms with Gasteiger partial charge in [-0.3, -0.25) is 67.5 Å². The SMILES string of the molecule is CSCC[C@H](NC(=O)[C@H](CCC(=O)O)NC(=O)[C@@H](N)CCC(=O)O)C(=O)N[C@@H](CCC(N)=O)C(=O)N[C@@H](CCCN=C(N)N)C(=O)N[C@@H](CCCN=C(N)N)C(=O)N[C@@H](C)C(=O)N[C@@H](CC(=O)O)C(N)=O. The fourth-order valence-electron chi connectivity index (χ4n) is 5.99. The second-order valence-electron chi connectivity index (χ2n) is 15.8. The Morgan fingerprint density at radius 2 is 0.831 bits per heavy atom. The van der Waals surface area contributed by atoms with Crippen molar-refractivity contribution in [3.05, 3.63) is 0 Å². The van der Waals surface area contributed by atoms with E-state index in [-0.39, 0.29) is 69.3 Å². The van der Waals surface area contributed by atoms with Gasteiger partial charge in [-0.15, -0.1) is 0 Å². The maximum Gasteiger partial charge on any atom is 0.305 e. The van der Waals surface area contributed by atoms with Gasteiger partial charge in [0.1, 0.15) is 42.3 Å². The van der Waals surface area contributed by atoms with Gasteiger partial charge in [-0.1, -0.05) is 0 Å². The van der Waals surface area contributed by atoms with Gasteiger partial charge in [0.05, 0.1) is 12.5 Å². The summed E-state index contributed by atoms with van der Waals surface area (Å²) in [5, 5.41) is 43.9. The van der Waals surface area contributed by atoms with Crippen LogP contribution in [0.3, 0.4) is 0 Å². The van der Waals surface area contributed by atoms with Crippen molar-refractivity contribution in [2.24, 2.45) is 50.1 Å². The molecule has 0 aliphatic heterocycles. The monoisotopic (exact) mass is 1030 g/mol. The molecule has 0 aromatic carbocycles. The molecular formula is C39H68N16O15S. The van der Waals surface area contributed by atoms with Crippen LogP contribution in [0.15, 0.2) is 9.98 Å². The van der Waals surface area contributed by atoms with Crippen LogP contribution in [-0.2, 0) is 57.5 Å². The number of amides is 9. The number of hydrogen-bond acceptors (Lipinski definition) is 16. The van der Waals surface area contributed by atoms with Gasteiger partial charge in [-0.2, -0.15) is 11.8 Å². The molecule has 0 aromatic rings. The number of thioether (sulfide) groups is 1. The Bertz CT molecular complexity index is 1950. The summed E-state index contributed by atoms with van der Waals surface area (Å²) in [5.41, 5.74) is 38.0. The minimum Gasteiger partial charge on any atom is -0.481 e. The maximum atomic E-state index is 14.1. The standard InChI is InChI=1S/C39H68N16O15S/c1-18(31(64)55-25(30(42)63)17-29(61)62)49-33(66)20(5-3-14-47-38(43)44)51-34(67)21(6-4-15-48-39(45)46)52-35(68)22(8-10-26(41)56)53-37(70)24(13-16-71-2)54-36(69)23(9-12-28(59)60)50-32(65)19(40)7-11-27(57)58/h18-25H,3-17,40H2,1-2H3,(H2,41,56)(H2,42,63)(H,49,66)(H,50,65)(H,51,67)(H,52,68)(H,53,70)(H,54,69)(H,55,64)(H,57,58)(H,59,60)(H,61,62)(H4,43,44,47)(H4,45,46,48)/t18-,19-,20-,21-,22-,23-,24-,25-/m0/s1. The van der Waals surface area contributed by atoms with E-state index in [0.29, 0.717) is 0 Å². The zero-order valence-electron chi connectivity index (χ0n) is 39.3. The highest BCUT2D eigenvalue weighted by Gasteiger charge is 2.34. The smallest absolute Gasteiger partial charge is 0.305 e. The summed E-state index contributed by atoms with van der Waals surface area (Å²) in [7, 11) is 0. The number of carbonyl (C=O) groups is 12. The molecule has 0 saturated carbocycles. The summed E-state index contributed by atoms with van der Waals surface area (Å²) in [6.07, 6.45) is -2.48. The molecule has 71 heavy (non-hydrogen) atoms. The zero-order valence-corrected chi connectivity index (χ0v) is 40.1. The van der Waals surface area contributed by atoms with E-state index >= 15 is 0 Å². The number of primary amides is 2. The molecule has 0 bridgehead atoms. The molecule has 0 heterocycles. The van der Waals surface area contributed by atoms with Crippen LogP contribution >= 0.6 is 11.8 Å². The van der Waals surface area contributed by atoms with E-state index in [4.69, 9.17) is 50.3 Å². The molecule has 400 valence electrons. The molecule has 0 saturated heterocycles. The lowest BCUT2D eigenvalue weighted by Gasteiger charge is -2.27. The number of carboxylic acid groups (broad SMARTS) is 3. The third kappa shape index (κ3) is 28.6. The van der Waals surface area contributed by atoms with Crippen LogP contribution in [0.4, 0.5) is 0 Å². The van der Waals surface area contributed by atoms with E-state index < -0.39 is 158 Å². The van der Waals surface area contributed by atoms with Gasteiger partial charge in [0, 0.05) is 32.4 Å². The van der Waals surface area contributed by atoms with Gasteiger partial charge in [0.2, 0.25) is 53.2 Å². The first-order valence-electron chi connectivity index (χ1n) is 21.9. The van der Waals surface area contributed by atoms with Crippen molar-refractivity contribution < 1.29 is 72.9 Å². The summed E-state index contributed by atoms with van der Waals surface area (Å²) in [6.45, 7) is 1.09. The van der Waals surface area contributed by atoms with Gasteiger partial charge in [-0.05, 0) is 70.3 Å². The first-order chi connectivity index (χ1) is 33.2. The second kappa shape index (κ2) is 33.9. The van der Waals surface area contributed by atoms with E-state index in [2.05, 4.69) is 47.2 Å². The van der Waals surface area contributed by atoms with Crippen molar-refractivity contribution in [2.75, 3.05) is 25.1 Å². The Hall–Kier alpha value is -7.51. The Morgan fingerprint density at radius 1 is 0.465 bits per heavy atom. The van der Waals surface area contributed by atoms with Gasteiger partial charge in [0.25, 0.3) is 0 Å². The van der Waals surface area contributed by atoms with Crippen molar-refractivity contribution in [1.82, 2.24) is 37.2 Å². The number of nitrogens with two attached hydrogens (primary N) is 7. The van der Waals surface area contributed by atoms with Crippen LogP contribution in [0.1, 0.15) is 84.0 Å². The third-order valence-electron chi connectivity index (χ3n) is 9.79. The molecule has 0 spiro atoms. The van der Waals surface area contributed by atoms with E-state index in [1.165, 1.54) is 18.7 Å². The van der Waals surface area contributed by atoms with E-state index in [1.807, 2.05) is 0 Å².